The molecule has 0 radical (unpaired) electrons. The van der Waals surface area contributed by atoms with E-state index in [2.05, 4.69) is 4.74 Å². The van der Waals surface area contributed by atoms with Crippen LogP contribution in [-0.4, -0.2) is 29.0 Å². The van der Waals surface area contributed by atoms with Crippen molar-refractivity contribution in [3.05, 3.63) is 0 Å². The first kappa shape index (κ1) is 10.2. The number of rotatable bonds is 4. The number of ether oxygens (including phenoxy) is 1. The SMILES string of the molecule is CCOC(=O)C(Cl)CC(=O)O. The Labute approximate surface area is 69.1 Å². The van der Waals surface area contributed by atoms with E-state index in [1.165, 1.54) is 0 Å². The van der Waals surface area contributed by atoms with Crippen molar-refractivity contribution < 1.29 is 19.4 Å². The Morgan fingerprint density at radius 1 is 1.64 bits per heavy atom. The lowest BCUT2D eigenvalue weighted by atomic mass is 10.3. The molecule has 11 heavy (non-hydrogen) atoms. The first-order valence-electron chi connectivity index (χ1n) is 3.10. The van der Waals surface area contributed by atoms with Crippen LogP contribution in [0.4, 0.5) is 0 Å². The smallest absolute Gasteiger partial charge is 0.324 e. The van der Waals surface area contributed by atoms with Crippen LogP contribution in [0.2, 0.25) is 0 Å². The summed E-state index contributed by atoms with van der Waals surface area (Å²) in [5.74, 6) is -1.80. The quantitative estimate of drug-likeness (QED) is 0.509. The molecule has 0 amide bonds. The minimum Gasteiger partial charge on any atom is -0.481 e. The molecule has 5 heteroatoms. The molecule has 0 fully saturated rings. The highest BCUT2D eigenvalue weighted by molar-refractivity contribution is 6.30. The second-order valence-corrected chi connectivity index (χ2v) is 2.34. The first-order chi connectivity index (χ1) is 5.07. The predicted octanol–water partition coefficient (Wildman–Crippen LogP) is 0.632. The Morgan fingerprint density at radius 2 is 2.18 bits per heavy atom. The monoisotopic (exact) mass is 180 g/mol. The van der Waals surface area contributed by atoms with Crippen LogP contribution < -0.4 is 0 Å². The second-order valence-electron chi connectivity index (χ2n) is 1.82. The molecule has 0 saturated carbocycles. The van der Waals surface area contributed by atoms with Gasteiger partial charge in [-0.1, -0.05) is 0 Å². The summed E-state index contributed by atoms with van der Waals surface area (Å²) in [6.07, 6.45) is -0.402. The zero-order valence-corrected chi connectivity index (χ0v) is 6.80. The molecule has 4 nitrogen and oxygen atoms in total. The van der Waals surface area contributed by atoms with E-state index in [0.29, 0.717) is 0 Å². The van der Waals surface area contributed by atoms with Crippen molar-refractivity contribution in [3.8, 4) is 0 Å². The maximum absolute atomic E-state index is 10.7. The molecule has 0 heterocycles. The summed E-state index contributed by atoms with van der Waals surface area (Å²) < 4.78 is 4.47. The molecule has 0 bridgehead atoms. The van der Waals surface area contributed by atoms with E-state index in [9.17, 15) is 9.59 Å². The van der Waals surface area contributed by atoms with Gasteiger partial charge in [0, 0.05) is 0 Å². The van der Waals surface area contributed by atoms with Crippen LogP contribution in [0.5, 0.6) is 0 Å². The number of carboxylic acids is 1. The average Bonchev–Trinajstić information content (AvgIpc) is 1.86. The minimum atomic E-state index is -1.11. The Balaban J connectivity index is 3.73. The fourth-order valence-corrected chi connectivity index (χ4v) is 0.664. The van der Waals surface area contributed by atoms with Crippen LogP contribution in [-0.2, 0) is 14.3 Å². The largest absolute Gasteiger partial charge is 0.481 e. The molecule has 0 aromatic rings. The lowest BCUT2D eigenvalue weighted by Gasteiger charge is -2.04. The highest BCUT2D eigenvalue weighted by Gasteiger charge is 2.19. The fourth-order valence-electron chi connectivity index (χ4n) is 0.469. The number of alkyl halides is 1. The van der Waals surface area contributed by atoms with Crippen molar-refractivity contribution >= 4 is 23.5 Å². The van der Waals surface area contributed by atoms with Gasteiger partial charge in [-0.25, -0.2) is 0 Å². The molecular weight excluding hydrogens is 172 g/mol. The third kappa shape index (κ3) is 4.61. The highest BCUT2D eigenvalue weighted by Crippen LogP contribution is 2.03. The number of hydrogen-bond donors (Lipinski definition) is 1. The summed E-state index contributed by atoms with van der Waals surface area (Å²) in [6, 6.07) is 0. The van der Waals surface area contributed by atoms with Gasteiger partial charge in [-0.05, 0) is 6.92 Å². The summed E-state index contributed by atoms with van der Waals surface area (Å²) in [5.41, 5.74) is 0. The first-order valence-corrected chi connectivity index (χ1v) is 3.54. The minimum absolute atomic E-state index is 0.210. The topological polar surface area (TPSA) is 63.6 Å². The zero-order chi connectivity index (χ0) is 8.85. The molecule has 0 aromatic heterocycles. The van der Waals surface area contributed by atoms with E-state index >= 15 is 0 Å². The third-order valence-electron chi connectivity index (χ3n) is 0.896. The van der Waals surface area contributed by atoms with E-state index in [1.54, 1.807) is 6.92 Å². The summed E-state index contributed by atoms with van der Waals surface area (Å²) in [4.78, 5) is 20.7. The number of esters is 1. The van der Waals surface area contributed by atoms with Crippen LogP contribution in [0.3, 0.4) is 0 Å². The van der Waals surface area contributed by atoms with Crippen molar-refractivity contribution in [2.45, 2.75) is 18.7 Å². The van der Waals surface area contributed by atoms with Crippen molar-refractivity contribution in [1.29, 1.82) is 0 Å². The number of carbonyl (C=O) groups is 2. The van der Waals surface area contributed by atoms with E-state index in [-0.39, 0.29) is 6.61 Å². The Morgan fingerprint density at radius 3 is 2.55 bits per heavy atom. The van der Waals surface area contributed by atoms with Gasteiger partial charge in [-0.3, -0.25) is 9.59 Å². The molecule has 0 aliphatic heterocycles. The Hall–Kier alpha value is -0.770. The maximum atomic E-state index is 10.7. The summed E-state index contributed by atoms with van der Waals surface area (Å²) >= 11 is 5.35. The molecule has 1 atom stereocenters. The van der Waals surface area contributed by atoms with Gasteiger partial charge in [0.1, 0.15) is 5.38 Å². The molecule has 0 rings (SSSR count). The number of carboxylic acid groups (broad SMARTS) is 1. The molecular formula is C6H9ClO4. The number of hydrogen-bond acceptors (Lipinski definition) is 3. The van der Waals surface area contributed by atoms with Gasteiger partial charge in [-0.2, -0.15) is 0 Å². The molecule has 64 valence electrons. The molecule has 1 unspecified atom stereocenters. The molecule has 0 aliphatic carbocycles. The van der Waals surface area contributed by atoms with Crippen LogP contribution in [0.25, 0.3) is 0 Å². The van der Waals surface area contributed by atoms with Gasteiger partial charge in [0.15, 0.2) is 0 Å². The summed E-state index contributed by atoms with van der Waals surface area (Å²) in [6.45, 7) is 1.84. The van der Waals surface area contributed by atoms with Gasteiger partial charge in [-0.15, -0.1) is 11.6 Å². The second kappa shape index (κ2) is 4.96. The Bertz CT molecular complexity index is 157. The highest BCUT2D eigenvalue weighted by atomic mass is 35.5. The molecule has 1 N–H and O–H groups in total. The Kier molecular flexibility index (Phi) is 4.61. The number of aliphatic carboxylic acids is 1. The molecule has 0 aromatic carbocycles. The lowest BCUT2D eigenvalue weighted by Crippen LogP contribution is -2.20. The molecule has 0 spiro atoms. The normalized spacial score (nSPS) is 12.2. The van der Waals surface area contributed by atoms with Gasteiger partial charge in [0.2, 0.25) is 0 Å². The van der Waals surface area contributed by atoms with Crippen LogP contribution in [0, 0.1) is 0 Å². The fraction of sp³-hybridized carbons (Fsp3) is 0.667. The number of carbonyl (C=O) groups excluding carboxylic acids is 1. The van der Waals surface area contributed by atoms with Gasteiger partial charge >= 0.3 is 11.9 Å². The standard InChI is InChI=1S/C6H9ClO4/c1-2-11-6(10)4(7)3-5(8)9/h4H,2-3H2,1H3,(H,8,9). The van der Waals surface area contributed by atoms with Crippen molar-refractivity contribution in [2.24, 2.45) is 0 Å². The van der Waals surface area contributed by atoms with E-state index < -0.39 is 23.7 Å². The van der Waals surface area contributed by atoms with Crippen LogP contribution in [0.1, 0.15) is 13.3 Å². The van der Waals surface area contributed by atoms with Crippen molar-refractivity contribution in [2.75, 3.05) is 6.61 Å². The zero-order valence-electron chi connectivity index (χ0n) is 6.04. The average molecular weight is 181 g/mol. The van der Waals surface area contributed by atoms with Gasteiger partial charge < -0.3 is 9.84 Å². The summed E-state index contributed by atoms with van der Waals surface area (Å²) in [5, 5.41) is 7.13. The van der Waals surface area contributed by atoms with E-state index in [4.69, 9.17) is 16.7 Å². The summed E-state index contributed by atoms with van der Waals surface area (Å²) in [7, 11) is 0. The number of halogens is 1. The van der Waals surface area contributed by atoms with Crippen molar-refractivity contribution in [3.63, 3.8) is 0 Å². The van der Waals surface area contributed by atoms with Crippen molar-refractivity contribution in [1.82, 2.24) is 0 Å². The lowest BCUT2D eigenvalue weighted by molar-refractivity contribution is -0.146. The van der Waals surface area contributed by atoms with Gasteiger partial charge in [0.05, 0.1) is 13.0 Å². The van der Waals surface area contributed by atoms with Gasteiger partial charge in [0.25, 0.3) is 0 Å². The predicted molar refractivity (Wildman–Crippen MR) is 38.5 cm³/mol. The third-order valence-corrected chi connectivity index (χ3v) is 1.23. The maximum Gasteiger partial charge on any atom is 0.324 e. The molecule has 0 aliphatic rings. The van der Waals surface area contributed by atoms with E-state index in [1.807, 2.05) is 0 Å². The van der Waals surface area contributed by atoms with E-state index in [0.717, 1.165) is 0 Å². The van der Waals surface area contributed by atoms with Crippen LogP contribution in [0.15, 0.2) is 0 Å². The molecule has 0 saturated heterocycles. The van der Waals surface area contributed by atoms with Crippen LogP contribution >= 0.6 is 11.6 Å².